The Bertz CT molecular complexity index is 574. The molecule has 2 rings (SSSR count). The van der Waals surface area contributed by atoms with Crippen LogP contribution in [-0.4, -0.2) is 17.6 Å². The minimum atomic E-state index is -0.220. The number of amides is 1. The van der Waals surface area contributed by atoms with Gasteiger partial charge in [0.2, 0.25) is 5.91 Å². The van der Waals surface area contributed by atoms with Crippen LogP contribution in [0.1, 0.15) is 24.0 Å². The molecule has 0 bridgehead atoms. The van der Waals surface area contributed by atoms with Crippen molar-refractivity contribution in [3.63, 3.8) is 0 Å². The highest BCUT2D eigenvalue weighted by Gasteiger charge is 2.05. The monoisotopic (exact) mass is 301 g/mol. The molecule has 0 unspecified atom stereocenters. The summed E-state index contributed by atoms with van der Waals surface area (Å²) in [6.07, 6.45) is 2.13. The van der Waals surface area contributed by atoms with Gasteiger partial charge in [-0.05, 0) is 42.5 Å². The highest BCUT2D eigenvalue weighted by molar-refractivity contribution is 5.75. The summed E-state index contributed by atoms with van der Waals surface area (Å²) in [7, 11) is 0. The van der Waals surface area contributed by atoms with E-state index in [0.29, 0.717) is 37.8 Å². The van der Waals surface area contributed by atoms with Gasteiger partial charge in [0, 0.05) is 13.0 Å². The minimum absolute atomic E-state index is 0.0493. The maximum Gasteiger partial charge on any atom is 0.220 e. The molecule has 0 aliphatic carbocycles. The van der Waals surface area contributed by atoms with Crippen LogP contribution in [0.25, 0.3) is 0 Å². The highest BCUT2D eigenvalue weighted by Crippen LogP contribution is 2.15. The van der Waals surface area contributed by atoms with Crippen molar-refractivity contribution in [2.24, 2.45) is 0 Å². The average Bonchev–Trinajstić information content (AvgIpc) is 2.51. The summed E-state index contributed by atoms with van der Waals surface area (Å²) in [6, 6.07) is 13.7. The zero-order valence-corrected chi connectivity index (χ0v) is 12.4. The van der Waals surface area contributed by atoms with Gasteiger partial charge in [-0.3, -0.25) is 4.79 Å². The van der Waals surface area contributed by atoms with Crippen molar-refractivity contribution >= 4 is 5.91 Å². The zero-order valence-electron chi connectivity index (χ0n) is 12.4. The molecule has 0 aromatic heterocycles. The number of phenols is 1. The van der Waals surface area contributed by atoms with Crippen LogP contribution >= 0.6 is 0 Å². The van der Waals surface area contributed by atoms with E-state index in [1.54, 1.807) is 30.3 Å². The first kappa shape index (κ1) is 16.0. The molecule has 22 heavy (non-hydrogen) atoms. The Morgan fingerprint density at radius 3 is 2.41 bits per heavy atom. The molecule has 2 aromatic carbocycles. The highest BCUT2D eigenvalue weighted by atomic mass is 19.1. The molecule has 0 radical (unpaired) electrons. The number of carbonyl (C=O) groups is 1. The molecule has 0 atom stereocenters. The molecule has 0 spiro atoms. The largest absolute Gasteiger partial charge is 0.508 e. The molecule has 2 aromatic rings. The zero-order chi connectivity index (χ0) is 15.8. The number of nitrogens with one attached hydrogen (secondary N) is 1. The van der Waals surface area contributed by atoms with E-state index in [4.69, 9.17) is 0 Å². The summed E-state index contributed by atoms with van der Waals surface area (Å²) in [6.45, 7) is 0.482. The molecule has 0 heterocycles. The lowest BCUT2D eigenvalue weighted by Gasteiger charge is -2.07. The Balaban J connectivity index is 1.66. The lowest BCUT2D eigenvalue weighted by molar-refractivity contribution is -0.121. The van der Waals surface area contributed by atoms with Crippen LogP contribution in [0.2, 0.25) is 0 Å². The molecule has 1 amide bonds. The van der Waals surface area contributed by atoms with Gasteiger partial charge in [0.1, 0.15) is 11.6 Å². The van der Waals surface area contributed by atoms with Crippen molar-refractivity contribution in [3.05, 3.63) is 65.5 Å². The Kier molecular flexibility index (Phi) is 5.95. The number of carbonyl (C=O) groups excluding carboxylic acids is 1. The Morgan fingerprint density at radius 1 is 1.00 bits per heavy atom. The maximum atomic E-state index is 13.4. The summed E-state index contributed by atoms with van der Waals surface area (Å²) in [5, 5.41) is 12.4. The molecule has 116 valence electrons. The molecule has 2 N–H and O–H groups in total. The summed E-state index contributed by atoms with van der Waals surface area (Å²) < 4.78 is 13.4. The van der Waals surface area contributed by atoms with Crippen molar-refractivity contribution < 1.29 is 14.3 Å². The summed E-state index contributed by atoms with van der Waals surface area (Å²) in [4.78, 5) is 11.7. The number of aryl methyl sites for hydroxylation is 1. The predicted molar refractivity (Wildman–Crippen MR) is 84.2 cm³/mol. The van der Waals surface area contributed by atoms with Crippen molar-refractivity contribution in [1.29, 1.82) is 0 Å². The third-order valence-electron chi connectivity index (χ3n) is 3.52. The van der Waals surface area contributed by atoms with E-state index in [0.717, 1.165) is 5.56 Å². The van der Waals surface area contributed by atoms with Gasteiger partial charge in [-0.15, -0.1) is 0 Å². The third kappa shape index (κ3) is 4.88. The number of phenolic OH excluding ortho intramolecular Hbond substituents is 1. The van der Waals surface area contributed by atoms with E-state index in [1.807, 2.05) is 12.1 Å². The van der Waals surface area contributed by atoms with E-state index in [-0.39, 0.29) is 17.5 Å². The number of para-hydroxylation sites is 1. The number of benzene rings is 2. The topological polar surface area (TPSA) is 49.3 Å². The van der Waals surface area contributed by atoms with Crippen LogP contribution in [0.4, 0.5) is 4.39 Å². The van der Waals surface area contributed by atoms with Crippen molar-refractivity contribution in [2.45, 2.75) is 25.7 Å². The van der Waals surface area contributed by atoms with Gasteiger partial charge in [-0.2, -0.15) is 0 Å². The van der Waals surface area contributed by atoms with E-state index in [1.165, 1.54) is 6.07 Å². The van der Waals surface area contributed by atoms with Gasteiger partial charge in [-0.25, -0.2) is 4.39 Å². The predicted octanol–water partition coefficient (Wildman–Crippen LogP) is 3.21. The summed E-state index contributed by atoms with van der Waals surface area (Å²) >= 11 is 0. The third-order valence-corrected chi connectivity index (χ3v) is 3.52. The van der Waals surface area contributed by atoms with Gasteiger partial charge in [0.05, 0.1) is 0 Å². The normalized spacial score (nSPS) is 10.4. The van der Waals surface area contributed by atoms with E-state index in [9.17, 15) is 14.3 Å². The number of hydrogen-bond acceptors (Lipinski definition) is 2. The van der Waals surface area contributed by atoms with Gasteiger partial charge in [-0.1, -0.05) is 36.4 Å². The second-order valence-corrected chi connectivity index (χ2v) is 5.17. The first-order valence-electron chi connectivity index (χ1n) is 7.44. The van der Waals surface area contributed by atoms with Crippen LogP contribution in [0.15, 0.2) is 48.5 Å². The fourth-order valence-corrected chi connectivity index (χ4v) is 2.29. The number of rotatable bonds is 7. The second-order valence-electron chi connectivity index (χ2n) is 5.17. The Morgan fingerprint density at radius 2 is 1.68 bits per heavy atom. The van der Waals surface area contributed by atoms with Crippen LogP contribution in [0.5, 0.6) is 5.75 Å². The first-order chi connectivity index (χ1) is 10.7. The fourth-order valence-electron chi connectivity index (χ4n) is 2.29. The first-order valence-corrected chi connectivity index (χ1v) is 7.44. The van der Waals surface area contributed by atoms with Crippen molar-refractivity contribution in [1.82, 2.24) is 5.32 Å². The van der Waals surface area contributed by atoms with Gasteiger partial charge < -0.3 is 10.4 Å². The quantitative estimate of drug-likeness (QED) is 0.825. The van der Waals surface area contributed by atoms with Crippen molar-refractivity contribution in [3.8, 4) is 5.75 Å². The standard InChI is InChI=1S/C18H20FNO2/c19-16-9-3-1-6-14(16)8-5-11-18(22)20-13-12-15-7-2-4-10-17(15)21/h1-4,6-7,9-10,21H,5,8,11-13H2,(H,20,22). The Hall–Kier alpha value is -2.36. The number of hydrogen-bond donors (Lipinski definition) is 2. The summed E-state index contributed by atoms with van der Waals surface area (Å²) in [5.74, 6) is -0.0227. The van der Waals surface area contributed by atoms with Gasteiger partial charge >= 0.3 is 0 Å². The van der Waals surface area contributed by atoms with Crippen LogP contribution in [0.3, 0.4) is 0 Å². The molecular weight excluding hydrogens is 281 g/mol. The van der Waals surface area contributed by atoms with E-state index < -0.39 is 0 Å². The SMILES string of the molecule is O=C(CCCc1ccccc1F)NCCc1ccccc1O. The molecule has 0 saturated heterocycles. The molecule has 0 aliphatic rings. The Labute approximate surface area is 129 Å². The smallest absolute Gasteiger partial charge is 0.220 e. The molecule has 4 heteroatoms. The van der Waals surface area contributed by atoms with E-state index >= 15 is 0 Å². The van der Waals surface area contributed by atoms with Crippen LogP contribution < -0.4 is 5.32 Å². The molecule has 0 aliphatic heterocycles. The molecule has 0 fully saturated rings. The lowest BCUT2D eigenvalue weighted by Crippen LogP contribution is -2.25. The molecule has 0 saturated carbocycles. The van der Waals surface area contributed by atoms with Gasteiger partial charge in [0.15, 0.2) is 0 Å². The molecular formula is C18H20FNO2. The number of halogens is 1. The summed E-state index contributed by atoms with van der Waals surface area (Å²) in [5.41, 5.74) is 1.46. The van der Waals surface area contributed by atoms with Crippen LogP contribution in [0, 0.1) is 5.82 Å². The van der Waals surface area contributed by atoms with E-state index in [2.05, 4.69) is 5.32 Å². The lowest BCUT2D eigenvalue weighted by atomic mass is 10.1. The van der Waals surface area contributed by atoms with Gasteiger partial charge in [0.25, 0.3) is 0 Å². The molecule has 3 nitrogen and oxygen atoms in total. The minimum Gasteiger partial charge on any atom is -0.508 e. The number of aromatic hydroxyl groups is 1. The maximum absolute atomic E-state index is 13.4. The second kappa shape index (κ2) is 8.17. The van der Waals surface area contributed by atoms with Crippen molar-refractivity contribution in [2.75, 3.05) is 6.54 Å². The average molecular weight is 301 g/mol. The van der Waals surface area contributed by atoms with Crippen LogP contribution in [-0.2, 0) is 17.6 Å². The fraction of sp³-hybridized carbons (Fsp3) is 0.278.